The molecule has 0 saturated carbocycles. The summed E-state index contributed by atoms with van der Waals surface area (Å²) in [6.45, 7) is 0. The van der Waals surface area contributed by atoms with Gasteiger partial charge < -0.3 is 10.6 Å². The molecule has 8 nitrogen and oxygen atoms in total. The van der Waals surface area contributed by atoms with Gasteiger partial charge in [0.2, 0.25) is 5.91 Å². The van der Waals surface area contributed by atoms with Gasteiger partial charge >= 0.3 is 0 Å². The molecule has 8 heteroatoms. The molecule has 3 rings (SSSR count). The van der Waals surface area contributed by atoms with E-state index in [1.807, 2.05) is 0 Å². The van der Waals surface area contributed by atoms with Crippen LogP contribution in [-0.2, 0) is 4.79 Å². The zero-order chi connectivity index (χ0) is 20.6. The second kappa shape index (κ2) is 9.05. The van der Waals surface area contributed by atoms with Gasteiger partial charge in [0.25, 0.3) is 11.6 Å². The molecule has 2 amide bonds. The number of benzene rings is 2. The monoisotopic (exact) mass is 388 g/mol. The van der Waals surface area contributed by atoms with E-state index in [-0.39, 0.29) is 11.6 Å². The molecule has 2 N–H and O–H groups in total. The highest BCUT2D eigenvalue weighted by Gasteiger charge is 2.11. The van der Waals surface area contributed by atoms with Crippen LogP contribution in [0.25, 0.3) is 6.08 Å². The summed E-state index contributed by atoms with van der Waals surface area (Å²) in [5.74, 6) is -0.431. The Labute approximate surface area is 166 Å². The van der Waals surface area contributed by atoms with Crippen molar-refractivity contribution in [1.29, 1.82) is 0 Å². The fourth-order valence-corrected chi connectivity index (χ4v) is 2.51. The average molecular weight is 388 g/mol. The van der Waals surface area contributed by atoms with Gasteiger partial charge in [0.15, 0.2) is 0 Å². The minimum absolute atomic E-state index is 0.0928. The maximum absolute atomic E-state index is 12.3. The van der Waals surface area contributed by atoms with Gasteiger partial charge in [-0.25, -0.2) is 4.98 Å². The number of nitro benzene ring substituents is 1. The number of aromatic nitrogens is 1. The van der Waals surface area contributed by atoms with Crippen LogP contribution in [0.15, 0.2) is 79.0 Å². The molecule has 3 aromatic rings. The molecule has 1 heterocycles. The molecule has 0 aliphatic rings. The second-order valence-corrected chi connectivity index (χ2v) is 5.89. The van der Waals surface area contributed by atoms with Crippen molar-refractivity contribution in [3.63, 3.8) is 0 Å². The van der Waals surface area contributed by atoms with Gasteiger partial charge in [0.1, 0.15) is 5.82 Å². The highest BCUT2D eigenvalue weighted by Crippen LogP contribution is 2.19. The minimum Gasteiger partial charge on any atom is -0.322 e. The Morgan fingerprint density at radius 1 is 0.966 bits per heavy atom. The lowest BCUT2D eigenvalue weighted by molar-refractivity contribution is -0.385. The number of carbonyl (C=O) groups is 2. The largest absolute Gasteiger partial charge is 0.322 e. The summed E-state index contributed by atoms with van der Waals surface area (Å²) >= 11 is 0. The predicted molar refractivity (Wildman–Crippen MR) is 109 cm³/mol. The molecule has 144 valence electrons. The number of hydrogen-bond donors (Lipinski definition) is 2. The number of nitro groups is 1. The van der Waals surface area contributed by atoms with E-state index in [2.05, 4.69) is 15.6 Å². The van der Waals surface area contributed by atoms with Crippen LogP contribution in [0.1, 0.15) is 15.9 Å². The number of nitrogens with one attached hydrogen (secondary N) is 2. The molecular weight excluding hydrogens is 372 g/mol. The number of hydrogen-bond acceptors (Lipinski definition) is 5. The number of rotatable bonds is 6. The van der Waals surface area contributed by atoms with E-state index in [1.54, 1.807) is 60.8 Å². The molecule has 0 saturated heterocycles. The first kappa shape index (κ1) is 19.4. The number of nitrogens with zero attached hydrogens (tertiary/aromatic N) is 2. The third-order valence-electron chi connectivity index (χ3n) is 3.85. The topological polar surface area (TPSA) is 114 Å². The molecule has 1 aromatic heterocycles. The number of amides is 2. The normalized spacial score (nSPS) is 10.5. The van der Waals surface area contributed by atoms with Crippen molar-refractivity contribution < 1.29 is 14.5 Å². The zero-order valence-corrected chi connectivity index (χ0v) is 15.1. The van der Waals surface area contributed by atoms with Crippen molar-refractivity contribution >= 4 is 35.1 Å². The van der Waals surface area contributed by atoms with Crippen molar-refractivity contribution in [2.75, 3.05) is 10.6 Å². The SMILES string of the molecule is O=C(C=Cc1ccccc1[N+](=O)[O-])Nc1cccc(C(=O)Nc2ccccn2)c1. The van der Waals surface area contributed by atoms with Gasteiger partial charge in [0.05, 0.1) is 10.5 Å². The van der Waals surface area contributed by atoms with Gasteiger partial charge in [-0.1, -0.05) is 24.3 Å². The highest BCUT2D eigenvalue weighted by atomic mass is 16.6. The lowest BCUT2D eigenvalue weighted by atomic mass is 10.1. The van der Waals surface area contributed by atoms with Gasteiger partial charge in [-0.05, 0) is 42.5 Å². The molecule has 0 fully saturated rings. The molecule has 0 unspecified atom stereocenters. The molecular formula is C21H16N4O4. The van der Waals surface area contributed by atoms with E-state index in [4.69, 9.17) is 0 Å². The minimum atomic E-state index is -0.513. The maximum atomic E-state index is 12.3. The highest BCUT2D eigenvalue weighted by molar-refractivity contribution is 6.06. The van der Waals surface area contributed by atoms with Crippen LogP contribution < -0.4 is 10.6 Å². The van der Waals surface area contributed by atoms with Gasteiger partial charge in [-0.15, -0.1) is 0 Å². The molecule has 0 atom stereocenters. The first-order valence-electron chi connectivity index (χ1n) is 8.58. The summed E-state index contributed by atoms with van der Waals surface area (Å²) in [5, 5.41) is 16.3. The van der Waals surface area contributed by atoms with Crippen LogP contribution in [-0.4, -0.2) is 21.7 Å². The van der Waals surface area contributed by atoms with E-state index >= 15 is 0 Å². The Morgan fingerprint density at radius 2 is 1.76 bits per heavy atom. The van der Waals surface area contributed by atoms with Crippen LogP contribution in [0.3, 0.4) is 0 Å². The third kappa shape index (κ3) is 5.33. The van der Waals surface area contributed by atoms with Crippen molar-refractivity contribution in [2.24, 2.45) is 0 Å². The van der Waals surface area contributed by atoms with Crippen molar-refractivity contribution in [2.45, 2.75) is 0 Å². The van der Waals surface area contributed by atoms with Crippen LogP contribution in [0.5, 0.6) is 0 Å². The van der Waals surface area contributed by atoms with Gasteiger partial charge in [-0.3, -0.25) is 19.7 Å². The van der Waals surface area contributed by atoms with Crippen LogP contribution in [0.2, 0.25) is 0 Å². The van der Waals surface area contributed by atoms with Crippen molar-refractivity contribution in [1.82, 2.24) is 4.98 Å². The fourth-order valence-electron chi connectivity index (χ4n) is 2.51. The lowest BCUT2D eigenvalue weighted by Gasteiger charge is -2.07. The number of para-hydroxylation sites is 1. The first-order valence-corrected chi connectivity index (χ1v) is 8.58. The second-order valence-electron chi connectivity index (χ2n) is 5.89. The van der Waals surface area contributed by atoms with Crippen molar-refractivity contribution in [3.05, 3.63) is 100 Å². The van der Waals surface area contributed by atoms with E-state index in [1.165, 1.54) is 24.3 Å². The fraction of sp³-hybridized carbons (Fsp3) is 0. The summed E-state index contributed by atoms with van der Waals surface area (Å²) in [6.07, 6.45) is 4.13. The van der Waals surface area contributed by atoms with E-state index in [0.717, 1.165) is 0 Å². The zero-order valence-electron chi connectivity index (χ0n) is 15.1. The Morgan fingerprint density at radius 3 is 2.52 bits per heavy atom. The summed E-state index contributed by atoms with van der Waals surface area (Å²) in [7, 11) is 0. The number of anilines is 2. The summed E-state index contributed by atoms with van der Waals surface area (Å²) < 4.78 is 0. The predicted octanol–water partition coefficient (Wildman–Crippen LogP) is 3.89. The Hall–Kier alpha value is -4.33. The van der Waals surface area contributed by atoms with Crippen molar-refractivity contribution in [3.8, 4) is 0 Å². The quantitative estimate of drug-likeness (QED) is 0.378. The Balaban J connectivity index is 1.68. The Kier molecular flexibility index (Phi) is 6.06. The molecule has 0 spiro atoms. The third-order valence-corrected chi connectivity index (χ3v) is 3.85. The average Bonchev–Trinajstić information content (AvgIpc) is 2.73. The summed E-state index contributed by atoms with van der Waals surface area (Å²) in [5.41, 5.74) is 0.980. The van der Waals surface area contributed by atoms with Gasteiger partial charge in [-0.2, -0.15) is 0 Å². The molecule has 2 aromatic carbocycles. The molecule has 0 radical (unpaired) electrons. The van der Waals surface area contributed by atoms with E-state index < -0.39 is 10.8 Å². The van der Waals surface area contributed by atoms with E-state index in [0.29, 0.717) is 22.6 Å². The smallest absolute Gasteiger partial charge is 0.276 e. The van der Waals surface area contributed by atoms with Crippen LogP contribution in [0, 0.1) is 10.1 Å². The standard InChI is InChI=1S/C21H16N4O4/c26-20(12-11-15-6-1-2-9-18(15)25(28)29)23-17-8-5-7-16(14-17)21(27)24-19-10-3-4-13-22-19/h1-14H,(H,23,26)(H,22,24,27). The van der Waals surface area contributed by atoms with Crippen LogP contribution >= 0.6 is 0 Å². The summed E-state index contributed by atoms with van der Waals surface area (Å²) in [6, 6.07) is 17.7. The van der Waals surface area contributed by atoms with E-state index in [9.17, 15) is 19.7 Å². The molecule has 29 heavy (non-hydrogen) atoms. The van der Waals surface area contributed by atoms with Gasteiger partial charge in [0, 0.05) is 29.6 Å². The number of carbonyl (C=O) groups excluding carboxylic acids is 2. The maximum Gasteiger partial charge on any atom is 0.276 e. The first-order chi connectivity index (χ1) is 14.0. The Bertz CT molecular complexity index is 1080. The summed E-state index contributed by atoms with van der Waals surface area (Å²) in [4.78, 5) is 39.0. The number of pyridine rings is 1. The molecule has 0 bridgehead atoms. The molecule has 0 aliphatic heterocycles. The lowest BCUT2D eigenvalue weighted by Crippen LogP contribution is -2.14. The molecule has 0 aliphatic carbocycles. The van der Waals surface area contributed by atoms with Crippen LogP contribution in [0.4, 0.5) is 17.2 Å².